The smallest absolute Gasteiger partial charge is 0.412 e. The molecule has 5 nitrogen and oxygen atoms in total. The van der Waals surface area contributed by atoms with E-state index in [4.69, 9.17) is 4.74 Å². The van der Waals surface area contributed by atoms with Gasteiger partial charge in [-0.3, -0.25) is 4.90 Å². The van der Waals surface area contributed by atoms with Gasteiger partial charge in [0.2, 0.25) is 0 Å². The van der Waals surface area contributed by atoms with Crippen LogP contribution >= 0.6 is 0 Å². The number of nitrogens with zero attached hydrogens (tertiary/aromatic N) is 2. The van der Waals surface area contributed by atoms with E-state index in [-0.39, 0.29) is 0 Å². The van der Waals surface area contributed by atoms with Crippen LogP contribution in [0.2, 0.25) is 0 Å². The van der Waals surface area contributed by atoms with Crippen LogP contribution in [0.15, 0.2) is 24.3 Å². The molecule has 1 N–H and O–H groups in total. The number of aliphatic hydroxyl groups is 1. The number of benzene rings is 1. The second-order valence-corrected chi connectivity index (χ2v) is 6.94. The van der Waals surface area contributed by atoms with Gasteiger partial charge in [0.1, 0.15) is 0 Å². The van der Waals surface area contributed by atoms with Gasteiger partial charge in [-0.1, -0.05) is 18.2 Å². The molecule has 1 aliphatic rings. The molecule has 0 aliphatic carbocycles. The fourth-order valence-corrected chi connectivity index (χ4v) is 3.32. The third-order valence-electron chi connectivity index (χ3n) is 5.34. The summed E-state index contributed by atoms with van der Waals surface area (Å²) in [4.78, 5) is 13.5. The Morgan fingerprint density at radius 3 is 2.48 bits per heavy atom. The lowest BCUT2D eigenvalue weighted by Crippen LogP contribution is -2.54. The van der Waals surface area contributed by atoms with Crippen LogP contribution in [0.5, 0.6) is 0 Å². The van der Waals surface area contributed by atoms with Crippen molar-refractivity contribution in [3.8, 4) is 0 Å². The van der Waals surface area contributed by atoms with E-state index in [1.807, 2.05) is 19.2 Å². The van der Waals surface area contributed by atoms with Crippen molar-refractivity contribution >= 4 is 17.0 Å². The summed E-state index contributed by atoms with van der Waals surface area (Å²) in [5, 5.41) is 11.9. The Balaban J connectivity index is 1.90. The van der Waals surface area contributed by atoms with Crippen LogP contribution in [0, 0.1) is 6.92 Å². The first-order valence-electron chi connectivity index (χ1n) is 7.92. The summed E-state index contributed by atoms with van der Waals surface area (Å²) < 4.78 is 7.48. The van der Waals surface area contributed by atoms with E-state index in [1.165, 1.54) is 27.1 Å². The largest absolute Gasteiger partial charge is 0.438 e. The van der Waals surface area contributed by atoms with Crippen LogP contribution in [-0.2, 0) is 18.2 Å². The molecule has 0 bridgehead atoms. The maximum atomic E-state index is 12.1. The molecule has 5 heteroatoms. The second-order valence-electron chi connectivity index (χ2n) is 6.94. The number of rotatable bonds is 3. The Bertz CT molecular complexity index is 774. The number of amides is 1. The van der Waals surface area contributed by atoms with E-state index < -0.39 is 17.4 Å². The van der Waals surface area contributed by atoms with Gasteiger partial charge in [0.05, 0.1) is 0 Å². The first kappa shape index (κ1) is 15.9. The third-order valence-corrected chi connectivity index (χ3v) is 5.34. The van der Waals surface area contributed by atoms with Gasteiger partial charge in [-0.2, -0.15) is 0 Å². The molecule has 124 valence electrons. The van der Waals surface area contributed by atoms with Gasteiger partial charge in [-0.15, -0.1) is 0 Å². The van der Waals surface area contributed by atoms with Crippen LogP contribution in [0.25, 0.3) is 10.9 Å². The molecule has 0 saturated carbocycles. The highest BCUT2D eigenvalue weighted by atomic mass is 16.6. The average Bonchev–Trinajstić information content (AvgIpc) is 2.79. The van der Waals surface area contributed by atoms with Crippen molar-refractivity contribution in [2.24, 2.45) is 7.05 Å². The molecular formula is C18H24N2O3. The number of carbonyl (C=O) groups is 1. The topological polar surface area (TPSA) is 54.7 Å². The Morgan fingerprint density at radius 1 is 1.22 bits per heavy atom. The van der Waals surface area contributed by atoms with Crippen molar-refractivity contribution < 1.29 is 14.6 Å². The van der Waals surface area contributed by atoms with Crippen LogP contribution in [0.3, 0.4) is 0 Å². The number of fused-ring (bicyclic) bond motifs is 1. The minimum Gasteiger partial charge on any atom is -0.438 e. The Labute approximate surface area is 136 Å². The van der Waals surface area contributed by atoms with Gasteiger partial charge in [0.15, 0.2) is 11.3 Å². The number of aromatic nitrogens is 1. The Kier molecular flexibility index (Phi) is 3.45. The molecule has 23 heavy (non-hydrogen) atoms. The summed E-state index contributed by atoms with van der Waals surface area (Å²) in [6, 6.07) is 8.24. The first-order chi connectivity index (χ1) is 10.7. The zero-order valence-electron chi connectivity index (χ0n) is 14.4. The lowest BCUT2D eigenvalue weighted by Gasteiger charge is -2.34. The van der Waals surface area contributed by atoms with Gasteiger partial charge in [0.25, 0.3) is 0 Å². The van der Waals surface area contributed by atoms with Crippen LogP contribution in [0.1, 0.15) is 32.0 Å². The Morgan fingerprint density at radius 2 is 1.87 bits per heavy atom. The number of carbonyl (C=O) groups excluding carboxylic acids is 1. The van der Waals surface area contributed by atoms with Crippen molar-refractivity contribution in [3.05, 3.63) is 35.5 Å². The van der Waals surface area contributed by atoms with Crippen LogP contribution in [0.4, 0.5) is 4.79 Å². The summed E-state index contributed by atoms with van der Waals surface area (Å²) >= 11 is 0. The standard InChI is InChI=1S/C18H24N2O3/c1-12-13(14-8-6-7-9-15(14)19(12)5)10-11-20-16(21)23-17(2,3)18(20,4)22/h6-9,22H,10-11H2,1-5H3. The number of ether oxygens (including phenoxy) is 1. The molecule has 2 aromatic rings. The number of para-hydroxylation sites is 1. The third kappa shape index (κ3) is 2.22. The van der Waals surface area contributed by atoms with Crippen molar-refractivity contribution in [3.63, 3.8) is 0 Å². The fraction of sp³-hybridized carbons (Fsp3) is 0.500. The van der Waals surface area contributed by atoms with Gasteiger partial charge in [-0.05, 0) is 45.7 Å². The highest BCUT2D eigenvalue weighted by molar-refractivity contribution is 5.85. The molecule has 1 atom stereocenters. The summed E-state index contributed by atoms with van der Waals surface area (Å²) in [7, 11) is 2.05. The molecule has 1 amide bonds. The lowest BCUT2D eigenvalue weighted by molar-refractivity contribution is -0.126. The van der Waals surface area contributed by atoms with E-state index in [2.05, 4.69) is 23.6 Å². The van der Waals surface area contributed by atoms with E-state index in [0.29, 0.717) is 13.0 Å². The number of hydrogen-bond donors (Lipinski definition) is 1. The summed E-state index contributed by atoms with van der Waals surface area (Å²) in [6.07, 6.45) is 0.215. The molecule has 0 radical (unpaired) electrons. The first-order valence-corrected chi connectivity index (χ1v) is 7.92. The molecular weight excluding hydrogens is 292 g/mol. The molecule has 1 unspecified atom stereocenters. The summed E-state index contributed by atoms with van der Waals surface area (Å²) in [5.74, 6) is 0. The zero-order chi connectivity index (χ0) is 17.0. The molecule has 1 aromatic heterocycles. The molecule has 1 aromatic carbocycles. The van der Waals surface area contributed by atoms with E-state index in [1.54, 1.807) is 20.8 Å². The minimum absolute atomic E-state index is 0.421. The second kappa shape index (κ2) is 4.99. The van der Waals surface area contributed by atoms with Gasteiger partial charge < -0.3 is 14.4 Å². The maximum absolute atomic E-state index is 12.1. The summed E-state index contributed by atoms with van der Waals surface area (Å²) in [5.41, 5.74) is 1.32. The van der Waals surface area contributed by atoms with Gasteiger partial charge >= 0.3 is 6.09 Å². The highest BCUT2D eigenvalue weighted by Gasteiger charge is 2.56. The number of aryl methyl sites for hydroxylation is 1. The SMILES string of the molecule is Cc1c(CCN2C(=O)OC(C)(C)C2(C)O)c2ccccc2n1C. The monoisotopic (exact) mass is 316 g/mol. The van der Waals surface area contributed by atoms with E-state index in [9.17, 15) is 9.90 Å². The number of cyclic esters (lactones) is 1. The van der Waals surface area contributed by atoms with Crippen LogP contribution < -0.4 is 0 Å². The normalized spacial score (nSPS) is 23.6. The molecule has 0 spiro atoms. The lowest BCUT2D eigenvalue weighted by atomic mass is 9.95. The Hall–Kier alpha value is -2.01. The van der Waals surface area contributed by atoms with Crippen LogP contribution in [-0.4, -0.2) is 38.5 Å². The molecule has 1 fully saturated rings. The van der Waals surface area contributed by atoms with Crippen molar-refractivity contribution in [2.45, 2.75) is 45.4 Å². The average molecular weight is 316 g/mol. The van der Waals surface area contributed by atoms with Crippen molar-refractivity contribution in [1.82, 2.24) is 9.47 Å². The highest BCUT2D eigenvalue weighted by Crippen LogP contribution is 2.37. The number of hydrogen-bond acceptors (Lipinski definition) is 3. The minimum atomic E-state index is -1.32. The van der Waals surface area contributed by atoms with Gasteiger partial charge in [-0.25, -0.2) is 4.79 Å². The molecule has 3 rings (SSSR count). The quantitative estimate of drug-likeness (QED) is 0.947. The zero-order valence-corrected chi connectivity index (χ0v) is 14.4. The molecule has 1 aliphatic heterocycles. The predicted molar refractivity (Wildman–Crippen MR) is 89.2 cm³/mol. The molecule has 2 heterocycles. The van der Waals surface area contributed by atoms with E-state index >= 15 is 0 Å². The fourth-order valence-electron chi connectivity index (χ4n) is 3.32. The molecule has 1 saturated heterocycles. The maximum Gasteiger partial charge on any atom is 0.412 e. The van der Waals surface area contributed by atoms with Crippen molar-refractivity contribution in [1.29, 1.82) is 0 Å². The predicted octanol–water partition coefficient (Wildman–Crippen LogP) is 2.97. The van der Waals surface area contributed by atoms with Gasteiger partial charge in [0, 0.05) is 30.2 Å². The van der Waals surface area contributed by atoms with Crippen molar-refractivity contribution in [2.75, 3.05) is 6.54 Å². The van der Waals surface area contributed by atoms with E-state index in [0.717, 1.165) is 0 Å². The summed E-state index contributed by atoms with van der Waals surface area (Å²) in [6.45, 7) is 7.60.